The van der Waals surface area contributed by atoms with Crippen LogP contribution in [0, 0.1) is 5.82 Å². The zero-order chi connectivity index (χ0) is 18.0. The summed E-state index contributed by atoms with van der Waals surface area (Å²) in [6.07, 6.45) is 1.35. The van der Waals surface area contributed by atoms with Crippen molar-refractivity contribution < 1.29 is 13.9 Å². The van der Waals surface area contributed by atoms with Crippen LogP contribution in [0.1, 0.15) is 10.5 Å². The van der Waals surface area contributed by atoms with Crippen LogP contribution < -0.4 is 9.64 Å². The van der Waals surface area contributed by atoms with E-state index in [1.807, 2.05) is 0 Å². The SMILES string of the molecule is COc1ccc(Cl)cc1N(C)C(=O)c1cnn(-c2ccc(F)cc2)n1. The number of benzene rings is 2. The molecule has 0 radical (unpaired) electrons. The van der Waals surface area contributed by atoms with Gasteiger partial charge in [0.25, 0.3) is 5.91 Å². The Hall–Kier alpha value is -2.93. The number of carbonyl (C=O) groups is 1. The van der Waals surface area contributed by atoms with Crippen molar-refractivity contribution in [3.05, 3.63) is 65.2 Å². The van der Waals surface area contributed by atoms with Gasteiger partial charge in [0.1, 0.15) is 11.6 Å². The van der Waals surface area contributed by atoms with Crippen molar-refractivity contribution in [3.63, 3.8) is 0 Å². The molecule has 1 amide bonds. The predicted molar refractivity (Wildman–Crippen MR) is 92.1 cm³/mol. The highest BCUT2D eigenvalue weighted by atomic mass is 35.5. The molecule has 0 N–H and O–H groups in total. The number of rotatable bonds is 4. The molecule has 0 saturated heterocycles. The van der Waals surface area contributed by atoms with E-state index in [4.69, 9.17) is 16.3 Å². The lowest BCUT2D eigenvalue weighted by molar-refractivity contribution is 0.0987. The molecule has 3 aromatic rings. The third-order valence-corrected chi connectivity index (χ3v) is 3.81. The van der Waals surface area contributed by atoms with E-state index in [9.17, 15) is 9.18 Å². The molecule has 0 aliphatic rings. The topological polar surface area (TPSA) is 60.2 Å². The van der Waals surface area contributed by atoms with E-state index in [0.29, 0.717) is 22.1 Å². The molecule has 1 heterocycles. The standard InChI is InChI=1S/C17H14ClFN4O2/c1-22(15-9-11(18)3-8-16(15)25-2)17(24)14-10-20-23(21-14)13-6-4-12(19)5-7-13/h3-10H,1-2H3. The van der Waals surface area contributed by atoms with Gasteiger partial charge in [-0.1, -0.05) is 11.6 Å². The maximum absolute atomic E-state index is 13.0. The van der Waals surface area contributed by atoms with Gasteiger partial charge in [0.15, 0.2) is 5.69 Å². The molecule has 0 aliphatic carbocycles. The van der Waals surface area contributed by atoms with Crippen LogP contribution in [0.5, 0.6) is 5.75 Å². The second-order valence-electron chi connectivity index (χ2n) is 5.18. The molecule has 0 fully saturated rings. The molecule has 0 atom stereocenters. The molecule has 3 rings (SSSR count). The number of ether oxygens (including phenoxy) is 1. The monoisotopic (exact) mass is 360 g/mol. The van der Waals surface area contributed by atoms with Gasteiger partial charge in [0.2, 0.25) is 0 Å². The average Bonchev–Trinajstić information content (AvgIpc) is 3.11. The van der Waals surface area contributed by atoms with Gasteiger partial charge in [-0.15, -0.1) is 5.10 Å². The van der Waals surface area contributed by atoms with Crippen molar-refractivity contribution in [2.45, 2.75) is 0 Å². The first-order valence-electron chi connectivity index (χ1n) is 7.29. The van der Waals surface area contributed by atoms with E-state index in [1.165, 1.54) is 47.3 Å². The Bertz CT molecular complexity index is 911. The Kier molecular flexibility index (Phi) is 4.67. The normalized spacial score (nSPS) is 10.6. The summed E-state index contributed by atoms with van der Waals surface area (Å²) in [4.78, 5) is 15.3. The summed E-state index contributed by atoms with van der Waals surface area (Å²) < 4.78 is 18.3. The number of hydrogen-bond acceptors (Lipinski definition) is 4. The molecular weight excluding hydrogens is 347 g/mol. The second kappa shape index (κ2) is 6.90. The number of nitrogens with zero attached hydrogens (tertiary/aromatic N) is 4. The first-order valence-corrected chi connectivity index (χ1v) is 7.67. The second-order valence-corrected chi connectivity index (χ2v) is 5.61. The minimum absolute atomic E-state index is 0.133. The van der Waals surface area contributed by atoms with E-state index >= 15 is 0 Å². The quantitative estimate of drug-likeness (QED) is 0.716. The first-order chi connectivity index (χ1) is 12.0. The molecule has 2 aromatic carbocycles. The smallest absolute Gasteiger partial charge is 0.280 e. The highest BCUT2D eigenvalue weighted by Gasteiger charge is 2.20. The van der Waals surface area contributed by atoms with Gasteiger partial charge in [-0.2, -0.15) is 9.90 Å². The maximum Gasteiger partial charge on any atom is 0.280 e. The average molecular weight is 361 g/mol. The zero-order valence-electron chi connectivity index (χ0n) is 13.5. The van der Waals surface area contributed by atoms with E-state index in [-0.39, 0.29) is 17.4 Å². The van der Waals surface area contributed by atoms with Gasteiger partial charge in [-0.3, -0.25) is 4.79 Å². The van der Waals surface area contributed by atoms with E-state index in [0.717, 1.165) is 0 Å². The lowest BCUT2D eigenvalue weighted by Crippen LogP contribution is -2.27. The van der Waals surface area contributed by atoms with Gasteiger partial charge in [0, 0.05) is 12.1 Å². The Morgan fingerprint density at radius 3 is 2.64 bits per heavy atom. The third-order valence-electron chi connectivity index (χ3n) is 3.58. The lowest BCUT2D eigenvalue weighted by atomic mass is 10.2. The maximum atomic E-state index is 13.0. The van der Waals surface area contributed by atoms with Gasteiger partial charge in [-0.25, -0.2) is 4.39 Å². The summed E-state index contributed by atoms with van der Waals surface area (Å²) in [5.41, 5.74) is 1.19. The van der Waals surface area contributed by atoms with Crippen LogP contribution in [-0.4, -0.2) is 35.1 Å². The number of carbonyl (C=O) groups excluding carboxylic acids is 1. The van der Waals surface area contributed by atoms with Crippen LogP contribution in [0.3, 0.4) is 0 Å². The predicted octanol–water partition coefficient (Wildman–Crippen LogP) is 3.35. The van der Waals surface area contributed by atoms with Crippen LogP contribution in [0.4, 0.5) is 10.1 Å². The van der Waals surface area contributed by atoms with Crippen LogP contribution in [0.15, 0.2) is 48.7 Å². The molecule has 0 unspecified atom stereocenters. The summed E-state index contributed by atoms with van der Waals surface area (Å²) in [5.74, 6) is -0.236. The molecule has 0 saturated carbocycles. The van der Waals surface area contributed by atoms with Crippen molar-refractivity contribution in [3.8, 4) is 11.4 Å². The minimum Gasteiger partial charge on any atom is -0.495 e. The number of amides is 1. The summed E-state index contributed by atoms with van der Waals surface area (Å²) in [6.45, 7) is 0. The number of halogens is 2. The van der Waals surface area contributed by atoms with Crippen LogP contribution in [-0.2, 0) is 0 Å². The summed E-state index contributed by atoms with van der Waals surface area (Å²) in [6, 6.07) is 10.6. The summed E-state index contributed by atoms with van der Waals surface area (Å²) >= 11 is 6.01. The van der Waals surface area contributed by atoms with Crippen molar-refractivity contribution in [2.75, 3.05) is 19.1 Å². The van der Waals surface area contributed by atoms with Crippen LogP contribution in [0.2, 0.25) is 5.02 Å². The molecule has 0 spiro atoms. The van der Waals surface area contributed by atoms with Crippen LogP contribution >= 0.6 is 11.6 Å². The number of aromatic nitrogens is 3. The Morgan fingerprint density at radius 2 is 1.96 bits per heavy atom. The molecule has 0 bridgehead atoms. The lowest BCUT2D eigenvalue weighted by Gasteiger charge is -2.19. The fourth-order valence-electron chi connectivity index (χ4n) is 2.27. The Labute approximate surface area is 148 Å². The van der Waals surface area contributed by atoms with E-state index < -0.39 is 0 Å². The Balaban J connectivity index is 1.89. The van der Waals surface area contributed by atoms with Crippen molar-refractivity contribution in [1.82, 2.24) is 15.0 Å². The van der Waals surface area contributed by atoms with E-state index in [2.05, 4.69) is 10.2 Å². The van der Waals surface area contributed by atoms with Gasteiger partial charge >= 0.3 is 0 Å². The highest BCUT2D eigenvalue weighted by molar-refractivity contribution is 6.31. The van der Waals surface area contributed by atoms with Crippen molar-refractivity contribution >= 4 is 23.2 Å². The summed E-state index contributed by atoms with van der Waals surface area (Å²) in [7, 11) is 3.10. The van der Waals surface area contributed by atoms with E-state index in [1.54, 1.807) is 25.2 Å². The van der Waals surface area contributed by atoms with Gasteiger partial charge in [0.05, 0.1) is 24.7 Å². The molecule has 1 aromatic heterocycles. The minimum atomic E-state index is -0.381. The largest absolute Gasteiger partial charge is 0.495 e. The third kappa shape index (κ3) is 3.46. The fraction of sp³-hybridized carbons (Fsp3) is 0.118. The number of anilines is 1. The fourth-order valence-corrected chi connectivity index (χ4v) is 2.43. The molecule has 0 aliphatic heterocycles. The molecule has 128 valence electrons. The van der Waals surface area contributed by atoms with Crippen LogP contribution in [0.25, 0.3) is 5.69 Å². The number of methoxy groups -OCH3 is 1. The van der Waals surface area contributed by atoms with Gasteiger partial charge < -0.3 is 9.64 Å². The molecule has 8 heteroatoms. The highest BCUT2D eigenvalue weighted by Crippen LogP contribution is 2.31. The Morgan fingerprint density at radius 1 is 1.24 bits per heavy atom. The summed E-state index contributed by atoms with van der Waals surface area (Å²) in [5, 5.41) is 8.68. The number of hydrogen-bond donors (Lipinski definition) is 0. The van der Waals surface area contributed by atoms with Crippen molar-refractivity contribution in [2.24, 2.45) is 0 Å². The zero-order valence-corrected chi connectivity index (χ0v) is 14.2. The first kappa shape index (κ1) is 16.9. The van der Waals surface area contributed by atoms with Gasteiger partial charge in [-0.05, 0) is 42.5 Å². The molecule has 25 heavy (non-hydrogen) atoms. The molecule has 6 nitrogen and oxygen atoms in total. The van der Waals surface area contributed by atoms with Crippen molar-refractivity contribution in [1.29, 1.82) is 0 Å². The molecular formula is C17H14ClFN4O2.